The second kappa shape index (κ2) is 9.90. The molecule has 2 aromatic carbocycles. The Morgan fingerprint density at radius 3 is 2.58 bits per heavy atom. The number of aromatic nitrogens is 2. The Morgan fingerprint density at radius 2 is 1.97 bits per heavy atom. The van der Waals surface area contributed by atoms with E-state index in [1.54, 1.807) is 29.6 Å². The predicted molar refractivity (Wildman–Crippen MR) is 134 cm³/mol. The van der Waals surface area contributed by atoms with Gasteiger partial charge in [-0.3, -0.25) is 9.89 Å². The number of benzene rings is 2. The molecule has 6 nitrogen and oxygen atoms in total. The van der Waals surface area contributed by atoms with Crippen LogP contribution in [0.3, 0.4) is 0 Å². The molecule has 36 heavy (non-hydrogen) atoms. The number of halogens is 3. The largest absolute Gasteiger partial charge is 0.484 e. The SMILES string of the molecule is C=CN(c1cc(O[C@H](C)c2ccccc2C(F)(F)F)c(C(N)=O)s1)c1ccc(-c2cn[nH]c2)cc1C. The van der Waals surface area contributed by atoms with Gasteiger partial charge in [0.25, 0.3) is 5.91 Å². The number of amides is 1. The minimum atomic E-state index is -4.54. The van der Waals surface area contributed by atoms with Crippen molar-refractivity contribution >= 4 is 27.9 Å². The first-order valence-electron chi connectivity index (χ1n) is 10.9. The molecular weight excluding hydrogens is 489 g/mol. The summed E-state index contributed by atoms with van der Waals surface area (Å²) in [6, 6.07) is 12.6. The molecule has 0 fully saturated rings. The Kier molecular flexibility index (Phi) is 6.89. The first-order valence-corrected chi connectivity index (χ1v) is 11.7. The molecule has 0 radical (unpaired) electrons. The highest BCUT2D eigenvalue weighted by Crippen LogP contribution is 2.43. The van der Waals surface area contributed by atoms with Crippen LogP contribution in [0.4, 0.5) is 23.9 Å². The summed E-state index contributed by atoms with van der Waals surface area (Å²) in [4.78, 5) is 14.1. The summed E-state index contributed by atoms with van der Waals surface area (Å²) in [5.41, 5.74) is 8.38. The summed E-state index contributed by atoms with van der Waals surface area (Å²) < 4.78 is 46.4. The number of anilines is 2. The summed E-state index contributed by atoms with van der Waals surface area (Å²) in [5.74, 6) is -0.639. The van der Waals surface area contributed by atoms with Gasteiger partial charge in [-0.05, 0) is 43.2 Å². The van der Waals surface area contributed by atoms with Crippen LogP contribution < -0.4 is 15.4 Å². The van der Waals surface area contributed by atoms with E-state index in [0.717, 1.165) is 39.8 Å². The van der Waals surface area contributed by atoms with Crippen molar-refractivity contribution in [3.8, 4) is 16.9 Å². The number of carbonyl (C=O) groups is 1. The van der Waals surface area contributed by atoms with E-state index in [2.05, 4.69) is 16.8 Å². The Hall–Kier alpha value is -4.05. The van der Waals surface area contributed by atoms with Crippen molar-refractivity contribution in [1.82, 2.24) is 10.2 Å². The molecule has 0 aliphatic heterocycles. The number of hydrogen-bond donors (Lipinski definition) is 2. The van der Waals surface area contributed by atoms with E-state index in [4.69, 9.17) is 10.5 Å². The van der Waals surface area contributed by atoms with Crippen molar-refractivity contribution in [1.29, 1.82) is 0 Å². The third-order valence-corrected chi connectivity index (χ3v) is 6.75. The summed E-state index contributed by atoms with van der Waals surface area (Å²) in [6.07, 6.45) is -0.431. The van der Waals surface area contributed by atoms with Crippen molar-refractivity contribution < 1.29 is 22.7 Å². The van der Waals surface area contributed by atoms with Crippen molar-refractivity contribution in [2.24, 2.45) is 5.73 Å². The topological polar surface area (TPSA) is 84.2 Å². The van der Waals surface area contributed by atoms with E-state index in [1.165, 1.54) is 25.1 Å². The fourth-order valence-corrected chi connectivity index (χ4v) is 4.88. The third kappa shape index (κ3) is 4.99. The van der Waals surface area contributed by atoms with Gasteiger partial charge >= 0.3 is 6.18 Å². The molecular formula is C26H23F3N4O2S. The van der Waals surface area contributed by atoms with E-state index in [9.17, 15) is 18.0 Å². The maximum atomic E-state index is 13.5. The van der Waals surface area contributed by atoms with Crippen LogP contribution in [0, 0.1) is 6.92 Å². The van der Waals surface area contributed by atoms with E-state index < -0.39 is 23.8 Å². The number of carbonyl (C=O) groups excluding carboxylic acids is 1. The average molecular weight is 513 g/mol. The number of nitrogens with zero attached hydrogens (tertiary/aromatic N) is 2. The molecule has 3 N–H and O–H groups in total. The number of nitrogens with two attached hydrogens (primary N) is 1. The normalized spacial score (nSPS) is 12.2. The zero-order chi connectivity index (χ0) is 26.0. The molecule has 2 heterocycles. The molecule has 1 amide bonds. The van der Waals surface area contributed by atoms with Gasteiger partial charge in [0.05, 0.1) is 11.8 Å². The second-order valence-electron chi connectivity index (χ2n) is 8.03. The molecule has 0 aliphatic carbocycles. The first kappa shape index (κ1) is 25.1. The lowest BCUT2D eigenvalue weighted by molar-refractivity contribution is -0.138. The lowest BCUT2D eigenvalue weighted by Gasteiger charge is -2.21. The van der Waals surface area contributed by atoms with E-state index in [0.29, 0.717) is 5.00 Å². The molecule has 0 bridgehead atoms. The maximum absolute atomic E-state index is 13.5. The minimum Gasteiger partial charge on any atom is -0.484 e. The quantitative estimate of drug-likeness (QED) is 0.267. The van der Waals surface area contributed by atoms with Crippen molar-refractivity contribution in [2.45, 2.75) is 26.1 Å². The lowest BCUT2D eigenvalue weighted by atomic mass is 10.0. The Morgan fingerprint density at radius 1 is 1.22 bits per heavy atom. The van der Waals surface area contributed by atoms with Gasteiger partial charge in [0.15, 0.2) is 0 Å². The van der Waals surface area contributed by atoms with Gasteiger partial charge in [0.1, 0.15) is 21.7 Å². The van der Waals surface area contributed by atoms with Gasteiger partial charge in [-0.1, -0.05) is 30.8 Å². The van der Waals surface area contributed by atoms with Crippen molar-refractivity contribution in [2.75, 3.05) is 4.90 Å². The van der Waals surface area contributed by atoms with Crippen LogP contribution in [-0.4, -0.2) is 16.1 Å². The second-order valence-corrected chi connectivity index (χ2v) is 9.06. The Labute approximate surface area is 209 Å². The standard InChI is InChI=1S/C26H23F3N4O2S/c1-4-33(21-10-9-17(11-15(21)2)18-13-31-32-14-18)23-12-22(24(36-23)25(30)34)35-16(3)19-7-5-6-8-20(19)26(27,28)29/h4-14,16H,1H2,2-3H3,(H2,30,34)(H,31,32)/t16-/m1/s1. The number of rotatable bonds is 8. The summed E-state index contributed by atoms with van der Waals surface area (Å²) >= 11 is 1.07. The average Bonchev–Trinajstić information content (AvgIpc) is 3.51. The molecule has 10 heteroatoms. The van der Waals surface area contributed by atoms with E-state index in [-0.39, 0.29) is 16.2 Å². The molecule has 0 saturated carbocycles. The number of aryl methyl sites for hydroxylation is 1. The molecule has 1 atom stereocenters. The first-order chi connectivity index (χ1) is 17.1. The fraction of sp³-hybridized carbons (Fsp3) is 0.154. The van der Waals surface area contributed by atoms with Gasteiger partial charge in [0, 0.05) is 35.3 Å². The van der Waals surface area contributed by atoms with Crippen LogP contribution in [0.1, 0.15) is 39.4 Å². The zero-order valence-corrected chi connectivity index (χ0v) is 20.3. The van der Waals surface area contributed by atoms with Crippen molar-refractivity contribution in [3.63, 3.8) is 0 Å². The monoisotopic (exact) mass is 512 g/mol. The highest BCUT2D eigenvalue weighted by atomic mass is 32.1. The Bertz CT molecular complexity index is 1400. The van der Waals surface area contributed by atoms with Crippen molar-refractivity contribution in [3.05, 3.63) is 95.3 Å². The Balaban J connectivity index is 1.68. The smallest absolute Gasteiger partial charge is 0.416 e. The number of H-pyrrole nitrogens is 1. The van der Waals surface area contributed by atoms with Crippen LogP contribution in [0.15, 0.2) is 73.7 Å². The highest BCUT2D eigenvalue weighted by molar-refractivity contribution is 7.18. The molecule has 0 aliphatic rings. The molecule has 0 unspecified atom stereocenters. The van der Waals surface area contributed by atoms with Crippen LogP contribution in [0.5, 0.6) is 5.75 Å². The molecule has 4 rings (SSSR count). The molecule has 2 aromatic heterocycles. The van der Waals surface area contributed by atoms with Gasteiger partial charge in [-0.15, -0.1) is 11.3 Å². The number of thiophene rings is 1. The predicted octanol–water partition coefficient (Wildman–Crippen LogP) is 6.99. The lowest BCUT2D eigenvalue weighted by Crippen LogP contribution is -2.15. The van der Waals surface area contributed by atoms with Crippen LogP contribution in [-0.2, 0) is 6.18 Å². The summed E-state index contributed by atoms with van der Waals surface area (Å²) in [6.45, 7) is 7.33. The highest BCUT2D eigenvalue weighted by Gasteiger charge is 2.35. The minimum absolute atomic E-state index is 0.0422. The van der Waals surface area contributed by atoms with E-state index >= 15 is 0 Å². The number of aromatic amines is 1. The summed E-state index contributed by atoms with van der Waals surface area (Å²) in [5, 5.41) is 7.33. The molecule has 186 valence electrons. The zero-order valence-electron chi connectivity index (χ0n) is 19.5. The van der Waals surface area contributed by atoms with Gasteiger partial charge in [0.2, 0.25) is 0 Å². The number of primary amides is 1. The summed E-state index contributed by atoms with van der Waals surface area (Å²) in [7, 11) is 0. The fourth-order valence-electron chi connectivity index (χ4n) is 3.92. The van der Waals surface area contributed by atoms with Crippen LogP contribution in [0.25, 0.3) is 11.1 Å². The maximum Gasteiger partial charge on any atom is 0.416 e. The number of hydrogen-bond acceptors (Lipinski definition) is 5. The number of alkyl halides is 3. The molecule has 0 saturated heterocycles. The third-order valence-electron chi connectivity index (χ3n) is 5.62. The van der Waals surface area contributed by atoms with Crippen LogP contribution >= 0.6 is 11.3 Å². The van der Waals surface area contributed by atoms with Gasteiger partial charge < -0.3 is 15.4 Å². The number of ether oxygens (including phenoxy) is 1. The molecule has 4 aromatic rings. The van der Waals surface area contributed by atoms with E-state index in [1.807, 2.05) is 25.1 Å². The molecule has 0 spiro atoms. The van der Waals surface area contributed by atoms with Crippen LogP contribution in [0.2, 0.25) is 0 Å². The van der Waals surface area contributed by atoms with Gasteiger partial charge in [-0.2, -0.15) is 18.3 Å². The number of nitrogens with one attached hydrogen (secondary N) is 1. The van der Waals surface area contributed by atoms with Gasteiger partial charge in [-0.25, -0.2) is 0 Å².